The zero-order valence-corrected chi connectivity index (χ0v) is 19.9. The predicted octanol–water partition coefficient (Wildman–Crippen LogP) is 7.00. The lowest BCUT2D eigenvalue weighted by Gasteiger charge is -2.31. The third-order valence-electron chi connectivity index (χ3n) is 6.89. The van der Waals surface area contributed by atoms with Gasteiger partial charge in [-0.15, -0.1) is 11.3 Å². The number of aryl methyl sites for hydroxylation is 2. The zero-order valence-electron chi connectivity index (χ0n) is 19.1. The smallest absolute Gasteiger partial charge is 0.310 e. The van der Waals surface area contributed by atoms with Crippen LogP contribution in [0.15, 0.2) is 66.9 Å². The van der Waals surface area contributed by atoms with Gasteiger partial charge in [0.1, 0.15) is 10.8 Å². The van der Waals surface area contributed by atoms with Crippen molar-refractivity contribution in [1.82, 2.24) is 9.47 Å². The van der Waals surface area contributed by atoms with Crippen molar-refractivity contribution in [2.45, 2.75) is 45.2 Å². The Kier molecular flexibility index (Phi) is 5.26. The molecule has 34 heavy (non-hydrogen) atoms. The van der Waals surface area contributed by atoms with Gasteiger partial charge < -0.3 is 14.8 Å². The highest BCUT2D eigenvalue weighted by Gasteiger charge is 2.36. The van der Waals surface area contributed by atoms with Crippen LogP contribution < -0.4 is 5.32 Å². The van der Waals surface area contributed by atoms with Crippen molar-refractivity contribution in [1.29, 1.82) is 0 Å². The second kappa shape index (κ2) is 8.44. The van der Waals surface area contributed by atoms with Crippen molar-refractivity contribution >= 4 is 23.1 Å². The summed E-state index contributed by atoms with van der Waals surface area (Å²) in [6, 6.07) is 18.1. The van der Waals surface area contributed by atoms with Crippen LogP contribution in [0.3, 0.4) is 0 Å². The molecule has 4 aromatic rings. The number of hydrogen-bond acceptors (Lipinski definition) is 2. The van der Waals surface area contributed by atoms with Gasteiger partial charge in [0.05, 0.1) is 18.3 Å². The van der Waals surface area contributed by atoms with Gasteiger partial charge in [-0.05, 0) is 80.1 Å². The first-order chi connectivity index (χ1) is 16.6. The number of carbonyl (C=O) groups is 1. The van der Waals surface area contributed by atoms with Crippen LogP contribution in [-0.4, -0.2) is 15.5 Å². The minimum Gasteiger partial charge on any atom is -0.310 e. The van der Waals surface area contributed by atoms with Gasteiger partial charge in [0, 0.05) is 22.3 Å². The minimum absolute atomic E-state index is 0.186. The number of anilines is 1. The second-order valence-corrected chi connectivity index (χ2v) is 10.3. The summed E-state index contributed by atoms with van der Waals surface area (Å²) in [5.74, 6) is -0.322. The van der Waals surface area contributed by atoms with Crippen molar-refractivity contribution < 1.29 is 9.18 Å². The molecule has 2 aromatic carbocycles. The lowest BCUT2D eigenvalue weighted by Crippen LogP contribution is -2.38. The van der Waals surface area contributed by atoms with Crippen molar-refractivity contribution in [3.8, 4) is 5.00 Å². The predicted molar refractivity (Wildman–Crippen MR) is 134 cm³/mol. The molecule has 1 atom stereocenters. The summed E-state index contributed by atoms with van der Waals surface area (Å²) in [5.41, 5.74) is 6.60. The highest BCUT2D eigenvalue weighted by molar-refractivity contribution is 7.15. The molecule has 0 spiro atoms. The van der Waals surface area contributed by atoms with E-state index in [0.29, 0.717) is 12.2 Å². The molecular weight excluding hydrogens is 445 g/mol. The van der Waals surface area contributed by atoms with E-state index in [4.69, 9.17) is 0 Å². The number of halogens is 1. The van der Waals surface area contributed by atoms with Gasteiger partial charge in [-0.25, -0.2) is 9.18 Å². The van der Waals surface area contributed by atoms with E-state index in [1.165, 1.54) is 46.0 Å². The molecule has 1 aliphatic heterocycles. The number of nitrogens with zero attached hydrogens (tertiary/aromatic N) is 2. The van der Waals surface area contributed by atoms with E-state index < -0.39 is 0 Å². The Morgan fingerprint density at radius 1 is 1.03 bits per heavy atom. The summed E-state index contributed by atoms with van der Waals surface area (Å²) in [5, 5.41) is 4.26. The average molecular weight is 472 g/mol. The molecule has 2 aliphatic rings. The summed E-state index contributed by atoms with van der Waals surface area (Å²) in [6.45, 7) is 2.61. The molecule has 6 rings (SSSR count). The van der Waals surface area contributed by atoms with E-state index in [-0.39, 0.29) is 17.9 Å². The van der Waals surface area contributed by atoms with Gasteiger partial charge in [0.15, 0.2) is 0 Å². The maximum atomic E-state index is 13.8. The number of aromatic nitrogens is 1. The second-order valence-electron chi connectivity index (χ2n) is 9.18. The van der Waals surface area contributed by atoms with Crippen molar-refractivity contribution in [2.75, 3.05) is 5.32 Å². The number of thiophene rings is 1. The number of amides is 2. The van der Waals surface area contributed by atoms with Crippen molar-refractivity contribution in [2.24, 2.45) is 0 Å². The van der Waals surface area contributed by atoms with Crippen LogP contribution in [0.25, 0.3) is 5.00 Å². The van der Waals surface area contributed by atoms with E-state index >= 15 is 0 Å². The largest absolute Gasteiger partial charge is 0.322 e. The lowest BCUT2D eigenvalue weighted by atomic mass is 9.95. The molecule has 172 valence electrons. The van der Waals surface area contributed by atoms with Crippen LogP contribution in [0.2, 0.25) is 0 Å². The number of nitrogens with one attached hydrogen (secondary N) is 1. The Hall–Kier alpha value is -3.38. The molecule has 3 heterocycles. The fourth-order valence-electron chi connectivity index (χ4n) is 5.31. The van der Waals surface area contributed by atoms with Gasteiger partial charge in [-0.1, -0.05) is 29.8 Å². The Balaban J connectivity index is 1.50. The molecule has 0 radical (unpaired) electrons. The SMILES string of the molecule is Cc1cccc(C2c3cccn3-c3sc4c(c3CN2C(=O)Nc2ccc(F)cc2)CCCC4)c1. The first-order valence-electron chi connectivity index (χ1n) is 11.8. The highest BCUT2D eigenvalue weighted by Crippen LogP contribution is 2.44. The standard InChI is InChI=1S/C28H26FN3OS/c1-18-6-4-7-19(16-18)26-24-9-5-15-31(24)27-23(22-8-2-3-10-25(22)34-27)17-32(26)28(33)30-21-13-11-20(29)12-14-21/h4-7,9,11-16,26H,2-3,8,10,17H2,1H3,(H,30,33). The van der Waals surface area contributed by atoms with Gasteiger partial charge >= 0.3 is 6.03 Å². The quantitative estimate of drug-likeness (QED) is 0.336. The van der Waals surface area contributed by atoms with Crippen LogP contribution in [-0.2, 0) is 19.4 Å². The first kappa shape index (κ1) is 21.2. The maximum absolute atomic E-state index is 13.8. The monoisotopic (exact) mass is 471 g/mol. The molecule has 0 saturated heterocycles. The summed E-state index contributed by atoms with van der Waals surface area (Å²) in [4.78, 5) is 17.2. The van der Waals surface area contributed by atoms with Crippen molar-refractivity contribution in [3.63, 3.8) is 0 Å². The molecular formula is C28H26FN3OS. The van der Waals surface area contributed by atoms with Gasteiger partial charge in [-0.3, -0.25) is 0 Å². The molecule has 0 fully saturated rings. The van der Waals surface area contributed by atoms with E-state index in [1.54, 1.807) is 12.1 Å². The number of urea groups is 1. The third kappa shape index (κ3) is 3.62. The lowest BCUT2D eigenvalue weighted by molar-refractivity contribution is 0.194. The highest BCUT2D eigenvalue weighted by atomic mass is 32.1. The third-order valence-corrected chi connectivity index (χ3v) is 8.23. The van der Waals surface area contributed by atoms with Crippen LogP contribution >= 0.6 is 11.3 Å². The fraction of sp³-hybridized carbons (Fsp3) is 0.250. The van der Waals surface area contributed by atoms with Crippen LogP contribution in [0, 0.1) is 12.7 Å². The van der Waals surface area contributed by atoms with Gasteiger partial charge in [-0.2, -0.15) is 0 Å². The number of hydrogen-bond donors (Lipinski definition) is 1. The van der Waals surface area contributed by atoms with Crippen LogP contribution in [0.4, 0.5) is 14.9 Å². The topological polar surface area (TPSA) is 37.3 Å². The average Bonchev–Trinajstić information content (AvgIpc) is 3.42. The number of rotatable bonds is 2. The zero-order chi connectivity index (χ0) is 23.2. The summed E-state index contributed by atoms with van der Waals surface area (Å²) >= 11 is 1.88. The van der Waals surface area contributed by atoms with E-state index in [0.717, 1.165) is 29.7 Å². The Labute approximate surface area is 202 Å². The van der Waals surface area contributed by atoms with E-state index in [2.05, 4.69) is 59.4 Å². The number of carbonyl (C=O) groups excluding carboxylic acids is 1. The summed E-state index contributed by atoms with van der Waals surface area (Å²) < 4.78 is 15.7. The first-order valence-corrected chi connectivity index (χ1v) is 12.6. The normalized spacial score (nSPS) is 16.9. The molecule has 0 bridgehead atoms. The minimum atomic E-state index is -0.322. The van der Waals surface area contributed by atoms with Crippen molar-refractivity contribution in [3.05, 3.63) is 106 Å². The Morgan fingerprint density at radius 2 is 1.85 bits per heavy atom. The molecule has 1 aliphatic carbocycles. The maximum Gasteiger partial charge on any atom is 0.322 e. The summed E-state index contributed by atoms with van der Waals surface area (Å²) in [6.07, 6.45) is 6.73. The van der Waals surface area contributed by atoms with E-state index in [1.807, 2.05) is 16.2 Å². The van der Waals surface area contributed by atoms with Gasteiger partial charge in [0.2, 0.25) is 0 Å². The molecule has 2 aromatic heterocycles. The molecule has 0 saturated carbocycles. The Bertz CT molecular complexity index is 1370. The fourth-order valence-corrected chi connectivity index (χ4v) is 6.71. The summed E-state index contributed by atoms with van der Waals surface area (Å²) in [7, 11) is 0. The van der Waals surface area contributed by atoms with Gasteiger partial charge in [0.25, 0.3) is 0 Å². The Morgan fingerprint density at radius 3 is 2.68 bits per heavy atom. The molecule has 1 N–H and O–H groups in total. The molecule has 1 unspecified atom stereocenters. The van der Waals surface area contributed by atoms with E-state index in [9.17, 15) is 9.18 Å². The molecule has 4 nitrogen and oxygen atoms in total. The van der Waals surface area contributed by atoms with Crippen LogP contribution in [0.1, 0.15) is 51.7 Å². The van der Waals surface area contributed by atoms with Crippen LogP contribution in [0.5, 0.6) is 0 Å². The number of fused-ring (bicyclic) bond motifs is 5. The molecule has 2 amide bonds. The molecule has 6 heteroatoms. The number of benzene rings is 2.